The van der Waals surface area contributed by atoms with Crippen LogP contribution in [-0.2, 0) is 14.3 Å². The maximum absolute atomic E-state index is 12.0. The molecule has 1 heterocycles. The van der Waals surface area contributed by atoms with Gasteiger partial charge in [0.25, 0.3) is 0 Å². The summed E-state index contributed by atoms with van der Waals surface area (Å²) < 4.78 is 11.0. The first kappa shape index (κ1) is 13.9. The van der Waals surface area contributed by atoms with E-state index in [4.69, 9.17) is 9.47 Å². The molecule has 2 aliphatic rings. The number of hydrogen-bond acceptors (Lipinski definition) is 3. The second-order valence-corrected chi connectivity index (χ2v) is 5.77. The second kappa shape index (κ2) is 6.55. The smallest absolute Gasteiger partial charge is 0.309 e. The largest absolute Gasteiger partial charge is 0.465 e. The molecule has 0 spiro atoms. The summed E-state index contributed by atoms with van der Waals surface area (Å²) in [6.07, 6.45) is 8.42. The van der Waals surface area contributed by atoms with E-state index in [9.17, 15) is 4.79 Å². The molecule has 2 rings (SSSR count). The van der Waals surface area contributed by atoms with Gasteiger partial charge >= 0.3 is 5.97 Å². The van der Waals surface area contributed by atoms with Crippen molar-refractivity contribution in [3.8, 4) is 0 Å². The third kappa shape index (κ3) is 3.71. The molecule has 1 aliphatic carbocycles. The first-order valence-corrected chi connectivity index (χ1v) is 7.56. The molecule has 0 aromatic rings. The van der Waals surface area contributed by atoms with Gasteiger partial charge in [-0.3, -0.25) is 4.79 Å². The lowest BCUT2D eigenvalue weighted by atomic mass is 9.89. The number of carbonyl (C=O) groups is 1. The predicted molar refractivity (Wildman–Crippen MR) is 70.3 cm³/mol. The van der Waals surface area contributed by atoms with E-state index in [0.29, 0.717) is 24.7 Å². The van der Waals surface area contributed by atoms with Crippen LogP contribution in [0.25, 0.3) is 0 Å². The molecule has 0 amide bonds. The van der Waals surface area contributed by atoms with Crippen LogP contribution in [0.5, 0.6) is 0 Å². The van der Waals surface area contributed by atoms with Gasteiger partial charge in [0, 0.05) is 0 Å². The van der Waals surface area contributed by atoms with Gasteiger partial charge in [0.2, 0.25) is 0 Å². The summed E-state index contributed by atoms with van der Waals surface area (Å²) in [5.74, 6) is 0.652. The lowest BCUT2D eigenvalue weighted by Gasteiger charge is -2.20. The molecule has 0 radical (unpaired) electrons. The van der Waals surface area contributed by atoms with E-state index >= 15 is 0 Å². The zero-order valence-corrected chi connectivity index (χ0v) is 11.7. The average Bonchev–Trinajstić information content (AvgIpc) is 3.16. The fourth-order valence-corrected chi connectivity index (χ4v) is 2.83. The molecule has 0 unspecified atom stereocenters. The van der Waals surface area contributed by atoms with Crippen LogP contribution in [0.15, 0.2) is 0 Å². The number of esters is 1. The standard InChI is InChI=1S/C15H26O3/c1-3-5-6-11(4-2)10-17-15(16)12-7-8-13-14(9-12)18-13/h11-14H,3-10H2,1-2H3/t11-,12+,13-,14-/m0/s1. The maximum atomic E-state index is 12.0. The Bertz CT molecular complexity index is 277. The summed E-state index contributed by atoms with van der Waals surface area (Å²) in [6.45, 7) is 4.99. The number of ether oxygens (including phenoxy) is 2. The van der Waals surface area contributed by atoms with Crippen molar-refractivity contribution in [2.75, 3.05) is 6.61 Å². The maximum Gasteiger partial charge on any atom is 0.309 e. The van der Waals surface area contributed by atoms with Crippen molar-refractivity contribution in [3.63, 3.8) is 0 Å². The molecule has 1 saturated carbocycles. The highest BCUT2D eigenvalue weighted by Crippen LogP contribution is 2.39. The van der Waals surface area contributed by atoms with Crippen LogP contribution in [0.3, 0.4) is 0 Å². The van der Waals surface area contributed by atoms with Crippen LogP contribution in [-0.4, -0.2) is 24.8 Å². The van der Waals surface area contributed by atoms with Gasteiger partial charge in [0.15, 0.2) is 0 Å². The SMILES string of the molecule is CCCC[C@H](CC)COC(=O)[C@@H]1CC[C@@H]2O[C@H]2C1. The van der Waals surface area contributed by atoms with Crippen molar-refractivity contribution in [2.45, 2.75) is 71.0 Å². The van der Waals surface area contributed by atoms with E-state index in [1.165, 1.54) is 19.3 Å². The zero-order chi connectivity index (χ0) is 13.0. The minimum atomic E-state index is 0.0129. The second-order valence-electron chi connectivity index (χ2n) is 5.77. The molecule has 3 nitrogen and oxygen atoms in total. The molecule has 3 heteroatoms. The molecule has 0 N–H and O–H groups in total. The topological polar surface area (TPSA) is 38.8 Å². The Balaban J connectivity index is 1.66. The highest BCUT2D eigenvalue weighted by Gasteiger charge is 2.46. The van der Waals surface area contributed by atoms with Gasteiger partial charge in [-0.15, -0.1) is 0 Å². The Morgan fingerprint density at radius 1 is 1.33 bits per heavy atom. The lowest BCUT2D eigenvalue weighted by molar-refractivity contribution is -0.151. The van der Waals surface area contributed by atoms with Crippen LogP contribution in [0, 0.1) is 11.8 Å². The van der Waals surface area contributed by atoms with Gasteiger partial charge in [0.1, 0.15) is 0 Å². The number of unbranched alkanes of at least 4 members (excludes halogenated alkanes) is 1. The molecule has 0 aromatic carbocycles. The lowest BCUT2D eigenvalue weighted by Crippen LogP contribution is -2.25. The summed E-state index contributed by atoms with van der Waals surface area (Å²) in [6, 6.07) is 0. The van der Waals surface area contributed by atoms with E-state index < -0.39 is 0 Å². The number of rotatable bonds is 7. The summed E-state index contributed by atoms with van der Waals surface area (Å²) in [7, 11) is 0. The number of hydrogen-bond donors (Lipinski definition) is 0. The van der Waals surface area contributed by atoms with E-state index in [0.717, 1.165) is 25.7 Å². The van der Waals surface area contributed by atoms with E-state index in [1.54, 1.807) is 0 Å². The monoisotopic (exact) mass is 254 g/mol. The van der Waals surface area contributed by atoms with Gasteiger partial charge in [-0.25, -0.2) is 0 Å². The van der Waals surface area contributed by atoms with Crippen LogP contribution in [0.4, 0.5) is 0 Å². The summed E-state index contributed by atoms with van der Waals surface area (Å²) in [5.41, 5.74) is 0. The molecule has 2 fully saturated rings. The highest BCUT2D eigenvalue weighted by molar-refractivity contribution is 5.72. The van der Waals surface area contributed by atoms with Gasteiger partial charge in [-0.05, 0) is 31.6 Å². The quantitative estimate of drug-likeness (QED) is 0.517. The van der Waals surface area contributed by atoms with Crippen molar-refractivity contribution in [3.05, 3.63) is 0 Å². The highest BCUT2D eigenvalue weighted by atomic mass is 16.6. The van der Waals surface area contributed by atoms with Crippen LogP contribution in [0.1, 0.15) is 58.8 Å². The van der Waals surface area contributed by atoms with Crippen LogP contribution < -0.4 is 0 Å². The number of carbonyl (C=O) groups excluding carboxylic acids is 1. The van der Waals surface area contributed by atoms with Crippen molar-refractivity contribution in [2.24, 2.45) is 11.8 Å². The predicted octanol–water partition coefficient (Wildman–Crippen LogP) is 3.31. The van der Waals surface area contributed by atoms with Crippen LogP contribution in [0.2, 0.25) is 0 Å². The molecular formula is C15H26O3. The molecule has 1 aliphatic heterocycles. The van der Waals surface area contributed by atoms with Gasteiger partial charge in [-0.1, -0.05) is 33.1 Å². The fraction of sp³-hybridized carbons (Fsp3) is 0.933. The summed E-state index contributed by atoms with van der Waals surface area (Å²) in [4.78, 5) is 12.0. The van der Waals surface area contributed by atoms with Gasteiger partial charge in [0.05, 0.1) is 24.7 Å². The van der Waals surface area contributed by atoms with Crippen LogP contribution >= 0.6 is 0 Å². The van der Waals surface area contributed by atoms with Crippen molar-refractivity contribution in [1.29, 1.82) is 0 Å². The normalized spacial score (nSPS) is 31.6. The Morgan fingerprint density at radius 3 is 2.83 bits per heavy atom. The minimum Gasteiger partial charge on any atom is -0.465 e. The van der Waals surface area contributed by atoms with E-state index in [-0.39, 0.29) is 11.9 Å². The zero-order valence-electron chi connectivity index (χ0n) is 11.7. The van der Waals surface area contributed by atoms with E-state index in [1.807, 2.05) is 0 Å². The van der Waals surface area contributed by atoms with Crippen molar-refractivity contribution < 1.29 is 14.3 Å². The Labute approximate surface area is 110 Å². The molecule has 4 atom stereocenters. The summed E-state index contributed by atoms with van der Waals surface area (Å²) in [5, 5.41) is 0. The Kier molecular flexibility index (Phi) is 5.04. The first-order valence-electron chi connectivity index (χ1n) is 7.56. The Hall–Kier alpha value is -0.570. The molecule has 0 bridgehead atoms. The van der Waals surface area contributed by atoms with Gasteiger partial charge in [-0.2, -0.15) is 0 Å². The fourth-order valence-electron chi connectivity index (χ4n) is 2.83. The molecule has 18 heavy (non-hydrogen) atoms. The number of fused-ring (bicyclic) bond motifs is 1. The number of epoxide rings is 1. The third-order valence-electron chi connectivity index (χ3n) is 4.34. The molecular weight excluding hydrogens is 228 g/mol. The molecule has 104 valence electrons. The van der Waals surface area contributed by atoms with Gasteiger partial charge < -0.3 is 9.47 Å². The minimum absolute atomic E-state index is 0.0129. The van der Waals surface area contributed by atoms with Crippen molar-refractivity contribution in [1.82, 2.24) is 0 Å². The molecule has 1 saturated heterocycles. The first-order chi connectivity index (χ1) is 8.74. The van der Waals surface area contributed by atoms with E-state index in [2.05, 4.69) is 13.8 Å². The van der Waals surface area contributed by atoms with Crippen molar-refractivity contribution >= 4 is 5.97 Å². The average molecular weight is 254 g/mol. The summed E-state index contributed by atoms with van der Waals surface area (Å²) >= 11 is 0. The molecule has 0 aromatic heterocycles. The Morgan fingerprint density at radius 2 is 2.17 bits per heavy atom. The third-order valence-corrected chi connectivity index (χ3v) is 4.34.